The molecule has 2 heterocycles. The van der Waals surface area contributed by atoms with Crippen LogP contribution in [0.15, 0.2) is 30.9 Å². The average Bonchev–Trinajstić information content (AvgIpc) is 2.51. The van der Waals surface area contributed by atoms with E-state index < -0.39 is 0 Å². The summed E-state index contributed by atoms with van der Waals surface area (Å²) in [4.78, 5) is 6.54. The van der Waals surface area contributed by atoms with Gasteiger partial charge in [-0.2, -0.15) is 0 Å². The highest BCUT2D eigenvalue weighted by Crippen LogP contribution is 2.07. The highest BCUT2D eigenvalue weighted by molar-refractivity contribution is 7.71. The molecule has 0 aliphatic heterocycles. The Hall–Kier alpha value is -1.49. The summed E-state index contributed by atoms with van der Waals surface area (Å²) >= 11 is 4.97. The number of halogens is 1. The molecule has 0 saturated heterocycles. The third-order valence-corrected chi connectivity index (χ3v) is 1.93. The van der Waals surface area contributed by atoms with Crippen LogP contribution in [0, 0.1) is 10.6 Å². The summed E-state index contributed by atoms with van der Waals surface area (Å²) in [6, 6.07) is 1.37. The van der Waals surface area contributed by atoms with Crippen molar-refractivity contribution in [2.45, 2.75) is 0 Å². The zero-order valence-corrected chi connectivity index (χ0v) is 7.38. The third kappa shape index (κ3) is 1.50. The highest BCUT2D eigenvalue weighted by Gasteiger charge is 1.98. The standard InChI is InChI=1S/C8H6FN3S/c9-6-3-7(5-10-4-6)12-2-1-11-8(12)13/h1-5H,(H,11,13). The lowest BCUT2D eigenvalue weighted by molar-refractivity contribution is 0.619. The van der Waals surface area contributed by atoms with Crippen LogP contribution in [-0.2, 0) is 0 Å². The first-order valence-electron chi connectivity index (χ1n) is 3.64. The predicted molar refractivity (Wildman–Crippen MR) is 48.7 cm³/mol. The van der Waals surface area contributed by atoms with Crippen LogP contribution in [0.2, 0.25) is 0 Å². The molecule has 0 fully saturated rings. The number of aromatic amines is 1. The Balaban J connectivity index is 2.59. The van der Waals surface area contributed by atoms with Gasteiger partial charge in [0.1, 0.15) is 5.82 Å². The second kappa shape index (κ2) is 3.10. The summed E-state index contributed by atoms with van der Waals surface area (Å²) < 4.78 is 14.9. The van der Waals surface area contributed by atoms with Crippen molar-refractivity contribution >= 4 is 12.2 Å². The molecule has 0 radical (unpaired) electrons. The average molecular weight is 195 g/mol. The number of rotatable bonds is 1. The van der Waals surface area contributed by atoms with Crippen LogP contribution in [-0.4, -0.2) is 14.5 Å². The maximum absolute atomic E-state index is 12.8. The molecule has 0 aliphatic rings. The Morgan fingerprint density at radius 3 is 2.92 bits per heavy atom. The fourth-order valence-electron chi connectivity index (χ4n) is 1.06. The van der Waals surface area contributed by atoms with Gasteiger partial charge in [0.05, 0.1) is 18.1 Å². The van der Waals surface area contributed by atoms with Gasteiger partial charge in [-0.05, 0) is 12.2 Å². The molecule has 0 bridgehead atoms. The van der Waals surface area contributed by atoms with E-state index >= 15 is 0 Å². The molecule has 1 N–H and O–H groups in total. The van der Waals surface area contributed by atoms with E-state index in [0.29, 0.717) is 10.5 Å². The summed E-state index contributed by atoms with van der Waals surface area (Å²) in [6.45, 7) is 0. The Morgan fingerprint density at radius 2 is 2.31 bits per heavy atom. The van der Waals surface area contributed by atoms with Crippen molar-refractivity contribution in [3.63, 3.8) is 0 Å². The number of nitrogens with one attached hydrogen (secondary N) is 1. The molecule has 0 aromatic carbocycles. The van der Waals surface area contributed by atoms with Gasteiger partial charge in [0.2, 0.25) is 0 Å². The van der Waals surface area contributed by atoms with Gasteiger partial charge >= 0.3 is 0 Å². The number of hydrogen-bond donors (Lipinski definition) is 1. The molecule has 66 valence electrons. The van der Waals surface area contributed by atoms with Gasteiger partial charge in [-0.3, -0.25) is 9.55 Å². The van der Waals surface area contributed by atoms with Crippen LogP contribution >= 0.6 is 12.2 Å². The minimum absolute atomic E-state index is 0.374. The van der Waals surface area contributed by atoms with Crippen LogP contribution in [0.3, 0.4) is 0 Å². The molecule has 0 unspecified atom stereocenters. The number of imidazole rings is 1. The van der Waals surface area contributed by atoms with E-state index in [2.05, 4.69) is 9.97 Å². The number of H-pyrrole nitrogens is 1. The van der Waals surface area contributed by atoms with Crippen molar-refractivity contribution in [2.75, 3.05) is 0 Å². The Morgan fingerprint density at radius 1 is 1.46 bits per heavy atom. The summed E-state index contributed by atoms with van der Waals surface area (Å²) in [5, 5.41) is 0. The van der Waals surface area contributed by atoms with Crippen LogP contribution < -0.4 is 0 Å². The van der Waals surface area contributed by atoms with Crippen molar-refractivity contribution < 1.29 is 4.39 Å². The molecule has 3 nitrogen and oxygen atoms in total. The molecule has 2 aromatic rings. The number of aromatic nitrogens is 3. The topological polar surface area (TPSA) is 33.6 Å². The lowest BCUT2D eigenvalue weighted by Crippen LogP contribution is -1.93. The number of pyridine rings is 1. The Kier molecular flexibility index (Phi) is 1.94. The van der Waals surface area contributed by atoms with E-state index in [1.54, 1.807) is 23.2 Å². The SMILES string of the molecule is Fc1cncc(-n2cc[nH]c2=S)c1. The molecule has 0 aliphatic carbocycles. The summed E-state index contributed by atoms with van der Waals surface area (Å²) in [6.07, 6.45) is 6.11. The summed E-state index contributed by atoms with van der Waals surface area (Å²) in [5.41, 5.74) is 0.617. The molecular formula is C8H6FN3S. The van der Waals surface area contributed by atoms with Gasteiger partial charge < -0.3 is 4.98 Å². The van der Waals surface area contributed by atoms with Gasteiger partial charge in [-0.15, -0.1) is 0 Å². The zero-order valence-electron chi connectivity index (χ0n) is 6.57. The number of nitrogens with zero attached hydrogens (tertiary/aromatic N) is 2. The predicted octanol–water partition coefficient (Wildman–Crippen LogP) is 2.07. The van der Waals surface area contributed by atoms with Gasteiger partial charge in [0.15, 0.2) is 4.77 Å². The normalized spacial score (nSPS) is 10.2. The molecule has 0 spiro atoms. The largest absolute Gasteiger partial charge is 0.337 e. The minimum atomic E-state index is -0.374. The second-order valence-corrected chi connectivity index (χ2v) is 2.88. The Labute approximate surface area is 78.9 Å². The first-order valence-corrected chi connectivity index (χ1v) is 4.05. The lowest BCUT2D eigenvalue weighted by Gasteiger charge is -1.99. The van der Waals surface area contributed by atoms with Crippen molar-refractivity contribution in [1.82, 2.24) is 14.5 Å². The van der Waals surface area contributed by atoms with Crippen molar-refractivity contribution in [3.05, 3.63) is 41.4 Å². The van der Waals surface area contributed by atoms with Gasteiger partial charge in [0, 0.05) is 18.5 Å². The quantitative estimate of drug-likeness (QED) is 0.707. The van der Waals surface area contributed by atoms with E-state index in [1.807, 2.05) is 0 Å². The molecule has 13 heavy (non-hydrogen) atoms. The smallest absolute Gasteiger partial charge is 0.181 e. The summed E-state index contributed by atoms with van der Waals surface area (Å²) in [5.74, 6) is -0.374. The van der Waals surface area contributed by atoms with Crippen LogP contribution in [0.4, 0.5) is 4.39 Å². The van der Waals surface area contributed by atoms with E-state index in [4.69, 9.17) is 12.2 Å². The van der Waals surface area contributed by atoms with Crippen molar-refractivity contribution in [1.29, 1.82) is 0 Å². The molecular weight excluding hydrogens is 189 g/mol. The van der Waals surface area contributed by atoms with Crippen molar-refractivity contribution in [3.8, 4) is 5.69 Å². The van der Waals surface area contributed by atoms with E-state index in [0.717, 1.165) is 6.20 Å². The van der Waals surface area contributed by atoms with Crippen LogP contribution in [0.1, 0.15) is 0 Å². The first-order chi connectivity index (χ1) is 6.27. The van der Waals surface area contributed by atoms with Crippen LogP contribution in [0.25, 0.3) is 5.69 Å². The van der Waals surface area contributed by atoms with Gasteiger partial charge in [-0.25, -0.2) is 4.39 Å². The molecule has 2 rings (SSSR count). The van der Waals surface area contributed by atoms with E-state index in [-0.39, 0.29) is 5.82 Å². The molecule has 2 aromatic heterocycles. The van der Waals surface area contributed by atoms with Gasteiger partial charge in [-0.1, -0.05) is 0 Å². The zero-order chi connectivity index (χ0) is 9.26. The molecule has 0 atom stereocenters. The summed E-state index contributed by atoms with van der Waals surface area (Å²) in [7, 11) is 0. The lowest BCUT2D eigenvalue weighted by atomic mass is 10.4. The minimum Gasteiger partial charge on any atom is -0.337 e. The molecule has 0 amide bonds. The molecule has 0 saturated carbocycles. The second-order valence-electron chi connectivity index (χ2n) is 2.50. The van der Waals surface area contributed by atoms with Gasteiger partial charge in [0.25, 0.3) is 0 Å². The number of hydrogen-bond acceptors (Lipinski definition) is 2. The van der Waals surface area contributed by atoms with Crippen molar-refractivity contribution in [2.24, 2.45) is 0 Å². The fourth-order valence-corrected chi connectivity index (χ4v) is 1.29. The Bertz CT molecular complexity index is 474. The molecule has 5 heteroatoms. The third-order valence-electron chi connectivity index (χ3n) is 1.62. The first kappa shape index (κ1) is 8.12. The monoisotopic (exact) mass is 195 g/mol. The van der Waals surface area contributed by atoms with E-state index in [9.17, 15) is 4.39 Å². The van der Waals surface area contributed by atoms with E-state index in [1.165, 1.54) is 6.07 Å². The van der Waals surface area contributed by atoms with Crippen LogP contribution in [0.5, 0.6) is 0 Å². The highest BCUT2D eigenvalue weighted by atomic mass is 32.1. The fraction of sp³-hybridized carbons (Fsp3) is 0. The maximum Gasteiger partial charge on any atom is 0.181 e. The maximum atomic E-state index is 12.8.